The first-order valence-corrected chi connectivity index (χ1v) is 8.02. The lowest BCUT2D eigenvalue weighted by Crippen LogP contribution is -2.00. The SMILES string of the molecule is O=c1c2ccccc2sc2ccc(-c3cccs3)cc12. The molecule has 0 aliphatic carbocycles. The maximum Gasteiger partial charge on any atom is 0.195 e. The third-order valence-electron chi connectivity index (χ3n) is 3.38. The Morgan fingerprint density at radius 3 is 2.50 bits per heavy atom. The molecule has 2 aromatic carbocycles. The van der Waals surface area contributed by atoms with Gasteiger partial charge in [-0.05, 0) is 41.3 Å². The van der Waals surface area contributed by atoms with Crippen molar-refractivity contribution >= 4 is 42.8 Å². The fourth-order valence-corrected chi connectivity index (χ4v) is 4.18. The van der Waals surface area contributed by atoms with Gasteiger partial charge in [0.1, 0.15) is 0 Å². The molecule has 0 radical (unpaired) electrons. The molecule has 2 aromatic heterocycles. The lowest BCUT2D eigenvalue weighted by Gasteiger charge is -2.03. The van der Waals surface area contributed by atoms with E-state index in [1.807, 2.05) is 36.4 Å². The van der Waals surface area contributed by atoms with Crippen molar-refractivity contribution in [3.05, 3.63) is 70.2 Å². The van der Waals surface area contributed by atoms with Crippen LogP contribution in [0.5, 0.6) is 0 Å². The monoisotopic (exact) mass is 294 g/mol. The van der Waals surface area contributed by atoms with E-state index >= 15 is 0 Å². The van der Waals surface area contributed by atoms with Crippen LogP contribution in [0.2, 0.25) is 0 Å². The van der Waals surface area contributed by atoms with Gasteiger partial charge in [-0.3, -0.25) is 4.79 Å². The van der Waals surface area contributed by atoms with Gasteiger partial charge in [-0.1, -0.05) is 24.3 Å². The van der Waals surface area contributed by atoms with Crippen LogP contribution in [0.4, 0.5) is 0 Å². The number of rotatable bonds is 1. The molecule has 0 saturated carbocycles. The van der Waals surface area contributed by atoms with E-state index in [1.54, 1.807) is 22.7 Å². The molecule has 0 unspecified atom stereocenters. The normalized spacial score (nSPS) is 11.2. The predicted molar refractivity (Wildman–Crippen MR) is 88.9 cm³/mol. The van der Waals surface area contributed by atoms with Crippen LogP contribution in [0.3, 0.4) is 0 Å². The number of benzene rings is 2. The van der Waals surface area contributed by atoms with Crippen molar-refractivity contribution in [1.82, 2.24) is 0 Å². The van der Waals surface area contributed by atoms with Gasteiger partial charge in [-0.2, -0.15) is 0 Å². The molecule has 20 heavy (non-hydrogen) atoms. The summed E-state index contributed by atoms with van der Waals surface area (Å²) in [6, 6.07) is 18.1. The number of thiophene rings is 1. The van der Waals surface area contributed by atoms with Gasteiger partial charge in [-0.25, -0.2) is 0 Å². The lowest BCUT2D eigenvalue weighted by atomic mass is 10.1. The summed E-state index contributed by atoms with van der Waals surface area (Å²) in [6.07, 6.45) is 0. The van der Waals surface area contributed by atoms with E-state index in [9.17, 15) is 4.79 Å². The summed E-state index contributed by atoms with van der Waals surface area (Å²) in [7, 11) is 0. The van der Waals surface area contributed by atoms with Crippen LogP contribution in [-0.2, 0) is 0 Å². The van der Waals surface area contributed by atoms with Gasteiger partial charge in [0.15, 0.2) is 5.43 Å². The molecule has 96 valence electrons. The highest BCUT2D eigenvalue weighted by Gasteiger charge is 2.07. The molecule has 0 saturated heterocycles. The zero-order chi connectivity index (χ0) is 13.5. The standard InChI is InChI=1S/C17H10OS2/c18-17-12-4-1-2-5-15(12)20-16-8-7-11(10-13(16)17)14-6-3-9-19-14/h1-10H. The maximum absolute atomic E-state index is 12.6. The average molecular weight is 294 g/mol. The van der Waals surface area contributed by atoms with Crippen LogP contribution < -0.4 is 5.43 Å². The largest absolute Gasteiger partial charge is 0.289 e. The molecule has 4 rings (SSSR count). The van der Waals surface area contributed by atoms with Crippen molar-refractivity contribution in [1.29, 1.82) is 0 Å². The molecule has 0 aliphatic heterocycles. The first-order valence-electron chi connectivity index (χ1n) is 6.32. The Morgan fingerprint density at radius 1 is 0.800 bits per heavy atom. The highest BCUT2D eigenvalue weighted by molar-refractivity contribution is 7.24. The molecule has 1 nitrogen and oxygen atoms in total. The van der Waals surface area contributed by atoms with Gasteiger partial charge in [0.05, 0.1) is 0 Å². The molecule has 0 N–H and O–H groups in total. The first kappa shape index (κ1) is 11.8. The van der Waals surface area contributed by atoms with E-state index in [0.29, 0.717) is 0 Å². The Bertz CT molecular complexity index is 965. The number of hydrogen-bond donors (Lipinski definition) is 0. The third-order valence-corrected chi connectivity index (χ3v) is 5.45. The Hall–Kier alpha value is -1.97. The molecule has 0 spiro atoms. The smallest absolute Gasteiger partial charge is 0.195 e. The summed E-state index contributed by atoms with van der Waals surface area (Å²) in [4.78, 5) is 13.8. The molecule has 4 aromatic rings. The van der Waals surface area contributed by atoms with E-state index in [1.165, 1.54) is 4.88 Å². The van der Waals surface area contributed by atoms with Crippen molar-refractivity contribution < 1.29 is 0 Å². The molecule has 0 atom stereocenters. The van der Waals surface area contributed by atoms with Crippen LogP contribution in [0.25, 0.3) is 30.6 Å². The summed E-state index contributed by atoms with van der Waals surface area (Å²) in [6.45, 7) is 0. The highest BCUT2D eigenvalue weighted by Crippen LogP contribution is 2.30. The van der Waals surface area contributed by atoms with E-state index in [-0.39, 0.29) is 5.43 Å². The Kier molecular flexibility index (Phi) is 2.69. The fourth-order valence-electron chi connectivity index (χ4n) is 2.40. The number of fused-ring (bicyclic) bond motifs is 2. The molecule has 0 aliphatic rings. The quantitative estimate of drug-likeness (QED) is 0.444. The summed E-state index contributed by atoms with van der Waals surface area (Å²) in [5.41, 5.74) is 1.25. The molecule has 0 fully saturated rings. The van der Waals surface area contributed by atoms with E-state index in [0.717, 1.165) is 25.7 Å². The van der Waals surface area contributed by atoms with Crippen LogP contribution in [0, 0.1) is 0 Å². The molecule has 2 heterocycles. The molecular formula is C17H10OS2. The minimum Gasteiger partial charge on any atom is -0.289 e. The van der Waals surface area contributed by atoms with E-state index in [2.05, 4.69) is 23.6 Å². The Balaban J connectivity index is 2.10. The maximum atomic E-state index is 12.6. The van der Waals surface area contributed by atoms with Crippen molar-refractivity contribution in [2.75, 3.05) is 0 Å². The highest BCUT2D eigenvalue weighted by atomic mass is 32.1. The van der Waals surface area contributed by atoms with Crippen LogP contribution >= 0.6 is 22.7 Å². The van der Waals surface area contributed by atoms with Crippen LogP contribution in [-0.4, -0.2) is 0 Å². The lowest BCUT2D eigenvalue weighted by molar-refractivity contribution is 1.74. The third kappa shape index (κ3) is 1.79. The summed E-state index contributed by atoms with van der Waals surface area (Å²) < 4.78 is 2.10. The first-order chi connectivity index (χ1) is 9.83. The van der Waals surface area contributed by atoms with Crippen molar-refractivity contribution in [3.8, 4) is 10.4 Å². The van der Waals surface area contributed by atoms with Crippen LogP contribution in [0.1, 0.15) is 0 Å². The molecule has 0 bridgehead atoms. The molecular weight excluding hydrogens is 284 g/mol. The van der Waals surface area contributed by atoms with Crippen molar-refractivity contribution in [2.24, 2.45) is 0 Å². The topological polar surface area (TPSA) is 17.1 Å². The summed E-state index contributed by atoms with van der Waals surface area (Å²) in [5, 5.41) is 3.69. The minimum atomic E-state index is 0.132. The second kappa shape index (κ2) is 4.54. The van der Waals surface area contributed by atoms with Crippen molar-refractivity contribution in [2.45, 2.75) is 0 Å². The van der Waals surface area contributed by atoms with Crippen molar-refractivity contribution in [3.63, 3.8) is 0 Å². The van der Waals surface area contributed by atoms with Gasteiger partial charge in [0, 0.05) is 25.0 Å². The van der Waals surface area contributed by atoms with E-state index < -0.39 is 0 Å². The van der Waals surface area contributed by atoms with Gasteiger partial charge in [0.25, 0.3) is 0 Å². The summed E-state index contributed by atoms with van der Waals surface area (Å²) >= 11 is 3.37. The summed E-state index contributed by atoms with van der Waals surface area (Å²) in [5.74, 6) is 0. The number of hydrogen-bond acceptors (Lipinski definition) is 3. The minimum absolute atomic E-state index is 0.132. The predicted octanol–water partition coefficient (Wildman–Crippen LogP) is 5.14. The zero-order valence-corrected chi connectivity index (χ0v) is 12.1. The molecule has 3 heteroatoms. The second-order valence-corrected chi connectivity index (χ2v) is 6.65. The van der Waals surface area contributed by atoms with E-state index in [4.69, 9.17) is 0 Å². The van der Waals surface area contributed by atoms with Gasteiger partial charge in [0.2, 0.25) is 0 Å². The van der Waals surface area contributed by atoms with Crippen LogP contribution in [0.15, 0.2) is 64.8 Å². The van der Waals surface area contributed by atoms with Gasteiger partial charge in [-0.15, -0.1) is 22.7 Å². The average Bonchev–Trinajstić information content (AvgIpc) is 3.02. The Morgan fingerprint density at radius 2 is 1.65 bits per heavy atom. The molecule has 0 amide bonds. The Labute approximate surface area is 123 Å². The van der Waals surface area contributed by atoms with Gasteiger partial charge < -0.3 is 0 Å². The van der Waals surface area contributed by atoms with Gasteiger partial charge >= 0.3 is 0 Å². The second-order valence-electron chi connectivity index (χ2n) is 4.62. The fraction of sp³-hybridized carbons (Fsp3) is 0. The zero-order valence-electron chi connectivity index (χ0n) is 10.5.